The van der Waals surface area contributed by atoms with Gasteiger partial charge in [0.05, 0.1) is 13.0 Å². The molecule has 0 aliphatic carbocycles. The Bertz CT molecular complexity index is 587. The lowest BCUT2D eigenvalue weighted by Gasteiger charge is -2.12. The highest BCUT2D eigenvalue weighted by molar-refractivity contribution is 5.89. The van der Waals surface area contributed by atoms with Crippen molar-refractivity contribution in [2.45, 2.75) is 31.7 Å². The van der Waals surface area contributed by atoms with Crippen molar-refractivity contribution in [3.05, 3.63) is 35.9 Å². The SMILES string of the molecule is O=C(O)CC(NC(=O)CNC(=O)CCCc1ccccc1)C(=O)O. The molecule has 0 saturated heterocycles. The lowest BCUT2D eigenvalue weighted by Crippen LogP contribution is -2.46. The van der Waals surface area contributed by atoms with Gasteiger partial charge in [0.1, 0.15) is 6.04 Å². The Balaban J connectivity index is 2.26. The predicted octanol–water partition coefficient (Wildman–Crippen LogP) is 0.170. The van der Waals surface area contributed by atoms with Crippen LogP contribution < -0.4 is 10.6 Å². The summed E-state index contributed by atoms with van der Waals surface area (Å²) in [6.07, 6.45) is 0.861. The van der Waals surface area contributed by atoms with Crippen molar-refractivity contribution in [3.63, 3.8) is 0 Å². The first-order chi connectivity index (χ1) is 11.4. The Morgan fingerprint density at radius 1 is 1.00 bits per heavy atom. The number of carbonyl (C=O) groups excluding carboxylic acids is 2. The van der Waals surface area contributed by atoms with Crippen LogP contribution in [0, 0.1) is 0 Å². The number of amides is 2. The maximum absolute atomic E-state index is 11.6. The zero-order chi connectivity index (χ0) is 17.9. The normalized spacial score (nSPS) is 11.3. The number of carbonyl (C=O) groups is 4. The highest BCUT2D eigenvalue weighted by Gasteiger charge is 2.22. The van der Waals surface area contributed by atoms with Gasteiger partial charge >= 0.3 is 11.9 Å². The number of carboxylic acids is 2. The first-order valence-corrected chi connectivity index (χ1v) is 7.43. The summed E-state index contributed by atoms with van der Waals surface area (Å²) in [5.74, 6) is -3.86. The van der Waals surface area contributed by atoms with E-state index in [2.05, 4.69) is 10.6 Å². The summed E-state index contributed by atoms with van der Waals surface area (Å²) >= 11 is 0. The number of nitrogens with one attached hydrogen (secondary N) is 2. The van der Waals surface area contributed by atoms with Crippen molar-refractivity contribution in [1.82, 2.24) is 10.6 Å². The molecule has 0 bridgehead atoms. The molecule has 2 amide bonds. The van der Waals surface area contributed by atoms with E-state index in [0.29, 0.717) is 6.42 Å². The second-order valence-corrected chi connectivity index (χ2v) is 5.17. The van der Waals surface area contributed by atoms with E-state index >= 15 is 0 Å². The molecule has 1 atom stereocenters. The molecule has 1 rings (SSSR count). The van der Waals surface area contributed by atoms with E-state index in [-0.39, 0.29) is 12.3 Å². The Labute approximate surface area is 138 Å². The summed E-state index contributed by atoms with van der Waals surface area (Å²) in [4.78, 5) is 44.5. The van der Waals surface area contributed by atoms with Gasteiger partial charge in [0.25, 0.3) is 0 Å². The van der Waals surface area contributed by atoms with Gasteiger partial charge in [-0.05, 0) is 18.4 Å². The number of aryl methyl sites for hydroxylation is 1. The van der Waals surface area contributed by atoms with Crippen molar-refractivity contribution in [3.8, 4) is 0 Å². The zero-order valence-corrected chi connectivity index (χ0v) is 13.0. The average Bonchev–Trinajstić information content (AvgIpc) is 2.53. The maximum atomic E-state index is 11.6. The minimum absolute atomic E-state index is 0.236. The topological polar surface area (TPSA) is 133 Å². The van der Waals surface area contributed by atoms with Crippen molar-refractivity contribution in [2.75, 3.05) is 6.54 Å². The Morgan fingerprint density at radius 2 is 1.67 bits per heavy atom. The van der Waals surface area contributed by atoms with Crippen molar-refractivity contribution >= 4 is 23.8 Å². The maximum Gasteiger partial charge on any atom is 0.326 e. The van der Waals surface area contributed by atoms with E-state index < -0.39 is 36.9 Å². The third kappa shape index (κ3) is 7.92. The molecular formula is C16H20N2O6. The average molecular weight is 336 g/mol. The molecule has 1 aromatic rings. The number of rotatable bonds is 10. The van der Waals surface area contributed by atoms with Crippen LogP contribution in [-0.2, 0) is 25.6 Å². The van der Waals surface area contributed by atoms with Crippen LogP contribution in [-0.4, -0.2) is 46.6 Å². The van der Waals surface area contributed by atoms with Crippen molar-refractivity contribution in [2.24, 2.45) is 0 Å². The van der Waals surface area contributed by atoms with Crippen molar-refractivity contribution < 1.29 is 29.4 Å². The standard InChI is InChI=1S/C16H20N2O6/c19-13(8-4-7-11-5-2-1-3-6-11)17-10-14(20)18-12(16(23)24)9-15(21)22/h1-3,5-6,12H,4,7-10H2,(H,17,19)(H,18,20)(H,21,22)(H,23,24). The minimum atomic E-state index is -1.52. The zero-order valence-electron chi connectivity index (χ0n) is 13.0. The molecule has 1 unspecified atom stereocenters. The predicted molar refractivity (Wildman–Crippen MR) is 84.2 cm³/mol. The molecule has 8 heteroatoms. The summed E-state index contributed by atoms with van der Waals surface area (Å²) in [5.41, 5.74) is 1.11. The molecule has 0 spiro atoms. The molecule has 0 heterocycles. The highest BCUT2D eigenvalue weighted by Crippen LogP contribution is 2.04. The Hall–Kier alpha value is -2.90. The lowest BCUT2D eigenvalue weighted by molar-refractivity contribution is -0.147. The quantitative estimate of drug-likeness (QED) is 0.481. The second kappa shape index (κ2) is 9.98. The fourth-order valence-corrected chi connectivity index (χ4v) is 1.99. The molecule has 24 heavy (non-hydrogen) atoms. The molecule has 0 aromatic heterocycles. The largest absolute Gasteiger partial charge is 0.481 e. The van der Waals surface area contributed by atoms with Crippen LogP contribution in [0.15, 0.2) is 30.3 Å². The van der Waals surface area contributed by atoms with Crippen LogP contribution in [0.3, 0.4) is 0 Å². The highest BCUT2D eigenvalue weighted by atomic mass is 16.4. The van der Waals surface area contributed by atoms with Crippen LogP contribution in [0.1, 0.15) is 24.8 Å². The number of aliphatic carboxylic acids is 2. The summed E-state index contributed by atoms with van der Waals surface area (Å²) in [5, 5.41) is 21.8. The van der Waals surface area contributed by atoms with Gasteiger partial charge < -0.3 is 20.8 Å². The third-order valence-electron chi connectivity index (χ3n) is 3.17. The van der Waals surface area contributed by atoms with E-state index in [0.717, 1.165) is 12.0 Å². The fourth-order valence-electron chi connectivity index (χ4n) is 1.99. The molecule has 0 radical (unpaired) electrons. The fraction of sp³-hybridized carbons (Fsp3) is 0.375. The van der Waals surface area contributed by atoms with Gasteiger partial charge in [-0.15, -0.1) is 0 Å². The van der Waals surface area contributed by atoms with Gasteiger partial charge in [-0.1, -0.05) is 30.3 Å². The molecular weight excluding hydrogens is 316 g/mol. The Morgan fingerprint density at radius 3 is 2.25 bits per heavy atom. The van der Waals surface area contributed by atoms with E-state index in [1.165, 1.54) is 0 Å². The lowest BCUT2D eigenvalue weighted by atomic mass is 10.1. The van der Waals surface area contributed by atoms with Gasteiger partial charge in [-0.3, -0.25) is 14.4 Å². The van der Waals surface area contributed by atoms with Gasteiger partial charge in [0, 0.05) is 6.42 Å². The van der Waals surface area contributed by atoms with Gasteiger partial charge in [0.15, 0.2) is 0 Å². The first kappa shape index (κ1) is 19.1. The summed E-state index contributed by atoms with van der Waals surface area (Å²) < 4.78 is 0. The molecule has 1 aromatic carbocycles. The molecule has 0 aliphatic rings. The first-order valence-electron chi connectivity index (χ1n) is 7.43. The smallest absolute Gasteiger partial charge is 0.326 e. The number of benzene rings is 1. The van der Waals surface area contributed by atoms with Crippen molar-refractivity contribution in [1.29, 1.82) is 0 Å². The third-order valence-corrected chi connectivity index (χ3v) is 3.17. The van der Waals surface area contributed by atoms with Gasteiger partial charge in [-0.2, -0.15) is 0 Å². The summed E-state index contributed by atoms with van der Waals surface area (Å²) in [6.45, 7) is -0.395. The van der Waals surface area contributed by atoms with E-state index in [9.17, 15) is 19.2 Å². The van der Waals surface area contributed by atoms with Crippen LogP contribution >= 0.6 is 0 Å². The van der Waals surface area contributed by atoms with E-state index in [4.69, 9.17) is 10.2 Å². The Kier molecular flexibility index (Phi) is 7.97. The van der Waals surface area contributed by atoms with E-state index in [1.807, 2.05) is 30.3 Å². The molecule has 0 saturated carbocycles. The molecule has 130 valence electrons. The van der Waals surface area contributed by atoms with Crippen LogP contribution in [0.2, 0.25) is 0 Å². The summed E-state index contributed by atoms with van der Waals surface area (Å²) in [7, 11) is 0. The monoisotopic (exact) mass is 336 g/mol. The number of hydrogen-bond donors (Lipinski definition) is 4. The number of hydrogen-bond acceptors (Lipinski definition) is 4. The molecule has 0 aliphatic heterocycles. The summed E-state index contributed by atoms with van der Waals surface area (Å²) in [6, 6.07) is 8.12. The number of carboxylic acid groups (broad SMARTS) is 2. The molecule has 0 fully saturated rings. The van der Waals surface area contributed by atoms with E-state index in [1.54, 1.807) is 0 Å². The molecule has 4 N–H and O–H groups in total. The van der Waals surface area contributed by atoms with Crippen LogP contribution in [0.5, 0.6) is 0 Å². The minimum Gasteiger partial charge on any atom is -0.481 e. The second-order valence-electron chi connectivity index (χ2n) is 5.17. The molecule has 8 nitrogen and oxygen atoms in total. The van der Waals surface area contributed by atoms with Gasteiger partial charge in [0.2, 0.25) is 11.8 Å². The van der Waals surface area contributed by atoms with Gasteiger partial charge in [-0.25, -0.2) is 4.79 Å². The van der Waals surface area contributed by atoms with Crippen LogP contribution in [0.25, 0.3) is 0 Å². The van der Waals surface area contributed by atoms with Crippen LogP contribution in [0.4, 0.5) is 0 Å².